The van der Waals surface area contributed by atoms with Crippen molar-refractivity contribution in [2.24, 2.45) is 0 Å². The van der Waals surface area contributed by atoms with Crippen LogP contribution < -0.4 is 5.32 Å². The van der Waals surface area contributed by atoms with Crippen molar-refractivity contribution in [3.63, 3.8) is 0 Å². The molecule has 2 atom stereocenters. The molecule has 0 aliphatic carbocycles. The molecular formula is C68H133NO5. The fraction of sp³-hybridized carbons (Fsp3) is 0.941. The minimum Gasteiger partial charge on any atom is -0.466 e. The van der Waals surface area contributed by atoms with Crippen LogP contribution in [0.1, 0.15) is 386 Å². The number of amides is 1. The number of carbonyl (C=O) groups is 2. The standard InChI is InChI=1S/C68H133NO5/c1-3-5-7-9-11-13-15-37-42-46-50-54-58-62-68(73)74-63-59-55-51-47-43-39-36-34-32-30-28-26-24-22-20-18-16-17-19-21-23-25-27-29-31-33-35-38-41-45-49-53-57-61-67(72)69-65(64-70)66(71)60-56-52-48-44-40-14-12-10-8-6-4-2/h13,15,65-66,70-71H,3-12,14,16-64H2,1-2H3,(H,69,72)/b15-13-. The summed E-state index contributed by atoms with van der Waals surface area (Å²) < 4.78 is 5.48. The second-order valence-corrected chi connectivity index (χ2v) is 23.5. The number of allylic oxidation sites excluding steroid dienone is 2. The Hall–Kier alpha value is -1.40. The van der Waals surface area contributed by atoms with Crippen LogP contribution >= 0.6 is 0 Å². The van der Waals surface area contributed by atoms with Crippen molar-refractivity contribution in [3.8, 4) is 0 Å². The lowest BCUT2D eigenvalue weighted by atomic mass is 10.0. The van der Waals surface area contributed by atoms with E-state index in [1.165, 1.54) is 308 Å². The second-order valence-electron chi connectivity index (χ2n) is 23.5. The molecule has 0 radical (unpaired) electrons. The van der Waals surface area contributed by atoms with Gasteiger partial charge in [-0.05, 0) is 51.4 Å². The number of unbranched alkanes of at least 4 members (excludes halogenated alkanes) is 51. The summed E-state index contributed by atoms with van der Waals surface area (Å²) in [4.78, 5) is 24.5. The second kappa shape index (κ2) is 64.1. The van der Waals surface area contributed by atoms with Crippen LogP contribution in [0.25, 0.3) is 0 Å². The number of esters is 1. The number of aliphatic hydroxyl groups excluding tert-OH is 2. The Morgan fingerprint density at radius 3 is 0.973 bits per heavy atom. The van der Waals surface area contributed by atoms with Gasteiger partial charge in [0.1, 0.15) is 0 Å². The summed E-state index contributed by atoms with van der Waals surface area (Å²) in [6.07, 6.45) is 78.4. The molecule has 0 heterocycles. The van der Waals surface area contributed by atoms with Crippen LogP contribution in [-0.4, -0.2) is 47.4 Å². The molecule has 0 spiro atoms. The highest BCUT2D eigenvalue weighted by atomic mass is 16.5. The largest absolute Gasteiger partial charge is 0.466 e. The Kier molecular flexibility index (Phi) is 62.9. The lowest BCUT2D eigenvalue weighted by Gasteiger charge is -2.22. The van der Waals surface area contributed by atoms with Crippen molar-refractivity contribution in [1.82, 2.24) is 5.32 Å². The molecule has 0 fully saturated rings. The number of aliphatic hydroxyl groups is 2. The van der Waals surface area contributed by atoms with Gasteiger partial charge in [0.05, 0.1) is 25.4 Å². The van der Waals surface area contributed by atoms with Crippen LogP contribution in [0.2, 0.25) is 0 Å². The molecule has 0 bridgehead atoms. The topological polar surface area (TPSA) is 95.9 Å². The molecule has 74 heavy (non-hydrogen) atoms. The van der Waals surface area contributed by atoms with Gasteiger partial charge in [0.2, 0.25) is 5.91 Å². The van der Waals surface area contributed by atoms with Gasteiger partial charge in [-0.2, -0.15) is 0 Å². The highest BCUT2D eigenvalue weighted by molar-refractivity contribution is 5.76. The highest BCUT2D eigenvalue weighted by Gasteiger charge is 2.20. The first kappa shape index (κ1) is 72.6. The van der Waals surface area contributed by atoms with Gasteiger partial charge >= 0.3 is 5.97 Å². The molecule has 0 aliphatic rings. The Balaban J connectivity index is 3.29. The van der Waals surface area contributed by atoms with E-state index in [2.05, 4.69) is 31.3 Å². The Morgan fingerprint density at radius 2 is 0.635 bits per heavy atom. The Bertz CT molecular complexity index is 1110. The van der Waals surface area contributed by atoms with Gasteiger partial charge in [-0.25, -0.2) is 0 Å². The van der Waals surface area contributed by atoms with E-state index in [1.807, 2.05) is 0 Å². The maximum atomic E-state index is 12.5. The average molecular weight is 1040 g/mol. The minimum absolute atomic E-state index is 0.0130. The zero-order chi connectivity index (χ0) is 53.6. The maximum Gasteiger partial charge on any atom is 0.305 e. The summed E-state index contributed by atoms with van der Waals surface area (Å²) >= 11 is 0. The predicted molar refractivity (Wildman–Crippen MR) is 324 cm³/mol. The van der Waals surface area contributed by atoms with Crippen molar-refractivity contribution < 1.29 is 24.5 Å². The van der Waals surface area contributed by atoms with E-state index in [4.69, 9.17) is 4.74 Å². The molecule has 0 saturated heterocycles. The molecule has 1 amide bonds. The minimum atomic E-state index is -0.658. The van der Waals surface area contributed by atoms with Crippen LogP contribution in [0.15, 0.2) is 12.2 Å². The summed E-state index contributed by atoms with van der Waals surface area (Å²) in [5.74, 6) is -0.0161. The van der Waals surface area contributed by atoms with Crippen molar-refractivity contribution in [2.75, 3.05) is 13.2 Å². The SMILES string of the molecule is CCCCCC/C=C\CCCCCCCC(=O)OCCCCCCCCCCCCCCCCCCCCCCCCCCCCCCCCCCCC(=O)NC(CO)C(O)CCCCCCCCCCCCC. The first-order chi connectivity index (χ1) is 36.5. The van der Waals surface area contributed by atoms with Gasteiger partial charge in [0, 0.05) is 12.8 Å². The molecule has 6 nitrogen and oxygen atoms in total. The number of ether oxygens (including phenoxy) is 1. The first-order valence-corrected chi connectivity index (χ1v) is 33.9. The van der Waals surface area contributed by atoms with E-state index >= 15 is 0 Å². The van der Waals surface area contributed by atoms with E-state index < -0.39 is 12.1 Å². The summed E-state index contributed by atoms with van der Waals surface area (Å²) in [5, 5.41) is 23.2. The van der Waals surface area contributed by atoms with E-state index in [0.717, 1.165) is 44.9 Å². The van der Waals surface area contributed by atoms with Gasteiger partial charge in [-0.1, -0.05) is 334 Å². The molecule has 0 saturated carbocycles. The quantitative estimate of drug-likeness (QED) is 0.0320. The van der Waals surface area contributed by atoms with E-state index in [-0.39, 0.29) is 18.5 Å². The van der Waals surface area contributed by atoms with Gasteiger partial charge < -0.3 is 20.3 Å². The molecule has 0 aromatic rings. The van der Waals surface area contributed by atoms with Crippen LogP contribution in [0.4, 0.5) is 0 Å². The van der Waals surface area contributed by atoms with E-state index in [0.29, 0.717) is 25.9 Å². The lowest BCUT2D eigenvalue weighted by Crippen LogP contribution is -2.45. The van der Waals surface area contributed by atoms with Gasteiger partial charge in [-0.15, -0.1) is 0 Å². The van der Waals surface area contributed by atoms with Crippen molar-refractivity contribution in [1.29, 1.82) is 0 Å². The third-order valence-corrected chi connectivity index (χ3v) is 16.1. The van der Waals surface area contributed by atoms with Crippen LogP contribution in [-0.2, 0) is 14.3 Å². The number of carbonyl (C=O) groups excluding carboxylic acids is 2. The molecular weight excluding hydrogens is 911 g/mol. The third kappa shape index (κ3) is 59.8. The smallest absolute Gasteiger partial charge is 0.305 e. The molecule has 0 aliphatic heterocycles. The lowest BCUT2D eigenvalue weighted by molar-refractivity contribution is -0.143. The monoisotopic (exact) mass is 1040 g/mol. The maximum absolute atomic E-state index is 12.5. The van der Waals surface area contributed by atoms with Crippen LogP contribution in [0.5, 0.6) is 0 Å². The fourth-order valence-corrected chi connectivity index (χ4v) is 10.9. The normalized spacial score (nSPS) is 12.5. The summed E-state index contributed by atoms with van der Waals surface area (Å²) in [7, 11) is 0. The van der Waals surface area contributed by atoms with Gasteiger partial charge in [0.25, 0.3) is 0 Å². The molecule has 6 heteroatoms. The highest BCUT2D eigenvalue weighted by Crippen LogP contribution is 2.19. The zero-order valence-corrected chi connectivity index (χ0v) is 50.4. The average Bonchev–Trinajstić information content (AvgIpc) is 3.40. The Morgan fingerprint density at radius 1 is 0.365 bits per heavy atom. The zero-order valence-electron chi connectivity index (χ0n) is 50.4. The third-order valence-electron chi connectivity index (χ3n) is 16.1. The molecule has 3 N–H and O–H groups in total. The fourth-order valence-electron chi connectivity index (χ4n) is 10.9. The molecule has 440 valence electrons. The Labute approximate surface area is 463 Å². The van der Waals surface area contributed by atoms with Crippen LogP contribution in [0, 0.1) is 0 Å². The number of hydrogen-bond donors (Lipinski definition) is 3. The molecule has 2 unspecified atom stereocenters. The first-order valence-electron chi connectivity index (χ1n) is 33.9. The molecule has 0 aromatic carbocycles. The van der Waals surface area contributed by atoms with Gasteiger partial charge in [-0.3, -0.25) is 9.59 Å². The van der Waals surface area contributed by atoms with Crippen LogP contribution in [0.3, 0.4) is 0 Å². The number of rotatable bonds is 64. The molecule has 0 aromatic heterocycles. The summed E-state index contributed by atoms with van der Waals surface area (Å²) in [6, 6.07) is -0.535. The number of hydrogen-bond acceptors (Lipinski definition) is 5. The van der Waals surface area contributed by atoms with Crippen molar-refractivity contribution in [3.05, 3.63) is 12.2 Å². The predicted octanol–water partition coefficient (Wildman–Crippen LogP) is 21.6. The van der Waals surface area contributed by atoms with Crippen molar-refractivity contribution >= 4 is 11.9 Å². The van der Waals surface area contributed by atoms with Crippen molar-refractivity contribution in [2.45, 2.75) is 398 Å². The summed E-state index contributed by atoms with van der Waals surface area (Å²) in [5.41, 5.74) is 0. The summed E-state index contributed by atoms with van der Waals surface area (Å²) in [6.45, 7) is 4.96. The van der Waals surface area contributed by atoms with E-state index in [9.17, 15) is 19.8 Å². The van der Waals surface area contributed by atoms with Gasteiger partial charge in [0.15, 0.2) is 0 Å². The molecule has 0 rings (SSSR count). The van der Waals surface area contributed by atoms with E-state index in [1.54, 1.807) is 0 Å². The number of nitrogens with one attached hydrogen (secondary N) is 1.